The number of aliphatic carboxylic acids is 1. The van der Waals surface area contributed by atoms with Gasteiger partial charge in [0.1, 0.15) is 6.10 Å². The van der Waals surface area contributed by atoms with Crippen molar-refractivity contribution in [2.75, 3.05) is 13.1 Å². The Morgan fingerprint density at radius 2 is 2.27 bits per heavy atom. The first-order valence-corrected chi connectivity index (χ1v) is 5.23. The number of carbonyl (C=O) groups excluding carboxylic acids is 1. The average Bonchev–Trinajstić information content (AvgIpc) is 2.66. The van der Waals surface area contributed by atoms with E-state index in [0.29, 0.717) is 13.0 Å². The average molecular weight is 215 g/mol. The van der Waals surface area contributed by atoms with Crippen molar-refractivity contribution in [3.8, 4) is 0 Å². The summed E-state index contributed by atoms with van der Waals surface area (Å²) in [6, 6.07) is 0. The van der Waals surface area contributed by atoms with Crippen molar-refractivity contribution in [2.45, 2.75) is 32.8 Å². The molecular weight excluding hydrogens is 198 g/mol. The van der Waals surface area contributed by atoms with E-state index in [1.165, 1.54) is 4.90 Å². The van der Waals surface area contributed by atoms with Crippen molar-refractivity contribution in [2.24, 2.45) is 5.92 Å². The van der Waals surface area contributed by atoms with Gasteiger partial charge in [-0.15, -0.1) is 0 Å². The molecule has 2 atom stereocenters. The molecule has 0 aromatic carbocycles. The molecule has 5 nitrogen and oxygen atoms in total. The summed E-state index contributed by atoms with van der Waals surface area (Å²) in [5, 5.41) is 8.76. The third-order valence-electron chi connectivity index (χ3n) is 2.67. The van der Waals surface area contributed by atoms with E-state index >= 15 is 0 Å². The van der Waals surface area contributed by atoms with Gasteiger partial charge in [0, 0.05) is 13.1 Å². The van der Waals surface area contributed by atoms with Gasteiger partial charge in [-0.2, -0.15) is 0 Å². The highest BCUT2D eigenvalue weighted by Gasteiger charge is 2.31. The predicted octanol–water partition coefficient (Wildman–Crippen LogP) is 1.33. The number of rotatable bonds is 3. The summed E-state index contributed by atoms with van der Waals surface area (Å²) in [4.78, 5) is 23.6. The van der Waals surface area contributed by atoms with Crippen molar-refractivity contribution in [1.29, 1.82) is 0 Å². The molecule has 0 radical (unpaired) electrons. The van der Waals surface area contributed by atoms with Gasteiger partial charge in [-0.05, 0) is 19.8 Å². The van der Waals surface area contributed by atoms with Crippen LogP contribution in [0.5, 0.6) is 0 Å². The molecule has 1 saturated heterocycles. The Morgan fingerprint density at radius 3 is 2.73 bits per heavy atom. The highest BCUT2D eigenvalue weighted by molar-refractivity contribution is 5.74. The maximum atomic E-state index is 11.5. The molecule has 1 aliphatic rings. The minimum Gasteiger partial charge on any atom is -0.481 e. The van der Waals surface area contributed by atoms with Crippen LogP contribution in [0.3, 0.4) is 0 Å². The minimum atomic E-state index is -0.839. The Bertz CT molecular complexity index is 254. The monoisotopic (exact) mass is 215 g/mol. The molecule has 1 aliphatic heterocycles. The van der Waals surface area contributed by atoms with E-state index in [1.807, 2.05) is 13.8 Å². The first kappa shape index (κ1) is 11.8. The largest absolute Gasteiger partial charge is 0.481 e. The number of nitrogens with zero attached hydrogens (tertiary/aromatic N) is 1. The molecule has 1 fully saturated rings. The molecule has 2 unspecified atom stereocenters. The molecule has 15 heavy (non-hydrogen) atoms. The van der Waals surface area contributed by atoms with Crippen molar-refractivity contribution >= 4 is 12.1 Å². The molecule has 86 valence electrons. The molecule has 0 aromatic heterocycles. The molecule has 0 saturated carbocycles. The van der Waals surface area contributed by atoms with E-state index in [0.717, 1.165) is 6.42 Å². The van der Waals surface area contributed by atoms with E-state index in [2.05, 4.69) is 0 Å². The highest BCUT2D eigenvalue weighted by Crippen LogP contribution is 2.17. The minimum absolute atomic E-state index is 0.110. The molecule has 1 amide bonds. The van der Waals surface area contributed by atoms with Crippen LogP contribution in [0, 0.1) is 5.92 Å². The fraction of sp³-hybridized carbons (Fsp3) is 0.800. The molecule has 1 N–H and O–H groups in total. The predicted molar refractivity (Wildman–Crippen MR) is 53.5 cm³/mol. The molecule has 0 spiro atoms. The van der Waals surface area contributed by atoms with Crippen LogP contribution in [0.1, 0.15) is 26.7 Å². The molecule has 1 rings (SSSR count). The number of carbonyl (C=O) groups is 2. The normalized spacial score (nSPS) is 22.5. The molecular formula is C10H17NO4. The zero-order valence-corrected chi connectivity index (χ0v) is 9.10. The lowest BCUT2D eigenvalue weighted by Gasteiger charge is -2.18. The van der Waals surface area contributed by atoms with Gasteiger partial charge < -0.3 is 14.7 Å². The second-order valence-corrected chi connectivity index (χ2v) is 3.87. The second kappa shape index (κ2) is 5.00. The molecule has 0 bridgehead atoms. The highest BCUT2D eigenvalue weighted by atomic mass is 16.6. The van der Waals surface area contributed by atoms with Gasteiger partial charge >= 0.3 is 12.1 Å². The maximum Gasteiger partial charge on any atom is 0.410 e. The fourth-order valence-corrected chi connectivity index (χ4v) is 1.46. The smallest absolute Gasteiger partial charge is 0.410 e. The SMILES string of the molecule is CCC(C)OC(=O)N1CCC(C(=O)O)C1. The quantitative estimate of drug-likeness (QED) is 0.771. The van der Waals surface area contributed by atoms with Gasteiger partial charge in [-0.3, -0.25) is 4.79 Å². The zero-order valence-electron chi connectivity index (χ0n) is 9.10. The summed E-state index contributed by atoms with van der Waals surface area (Å²) in [7, 11) is 0. The van der Waals surface area contributed by atoms with Crippen LogP contribution >= 0.6 is 0 Å². The van der Waals surface area contributed by atoms with Crippen molar-refractivity contribution in [1.82, 2.24) is 4.90 Å². The number of carboxylic acids is 1. The molecule has 1 heterocycles. The molecule has 0 aliphatic carbocycles. The van der Waals surface area contributed by atoms with E-state index in [1.54, 1.807) is 0 Å². The van der Waals surface area contributed by atoms with Crippen molar-refractivity contribution in [3.05, 3.63) is 0 Å². The van der Waals surface area contributed by atoms with Crippen LogP contribution < -0.4 is 0 Å². The Morgan fingerprint density at radius 1 is 1.60 bits per heavy atom. The van der Waals surface area contributed by atoms with Gasteiger partial charge in [0.05, 0.1) is 5.92 Å². The number of carboxylic acid groups (broad SMARTS) is 1. The van der Waals surface area contributed by atoms with Crippen LogP contribution in [-0.2, 0) is 9.53 Å². The zero-order chi connectivity index (χ0) is 11.4. The third kappa shape index (κ3) is 3.11. The summed E-state index contributed by atoms with van der Waals surface area (Å²) >= 11 is 0. The lowest BCUT2D eigenvalue weighted by atomic mass is 10.1. The second-order valence-electron chi connectivity index (χ2n) is 3.87. The standard InChI is InChI=1S/C10H17NO4/c1-3-7(2)15-10(14)11-5-4-8(6-11)9(12)13/h7-8H,3-6H2,1-2H3,(H,12,13). The van der Waals surface area contributed by atoms with Crippen LogP contribution in [0.15, 0.2) is 0 Å². The summed E-state index contributed by atoms with van der Waals surface area (Å²) in [6.07, 6.45) is 0.779. The van der Waals surface area contributed by atoms with Crippen molar-refractivity contribution in [3.63, 3.8) is 0 Å². The van der Waals surface area contributed by atoms with Gasteiger partial charge in [0.25, 0.3) is 0 Å². The Labute approximate surface area is 89.0 Å². The summed E-state index contributed by atoms with van der Waals surface area (Å²) in [5.41, 5.74) is 0. The first-order valence-electron chi connectivity index (χ1n) is 5.23. The van der Waals surface area contributed by atoms with E-state index < -0.39 is 18.0 Å². The summed E-state index contributed by atoms with van der Waals surface area (Å²) in [6.45, 7) is 4.50. The summed E-state index contributed by atoms with van der Waals surface area (Å²) < 4.78 is 5.11. The lowest BCUT2D eigenvalue weighted by Crippen LogP contribution is -2.32. The number of amides is 1. The van der Waals surface area contributed by atoms with Gasteiger partial charge in [-0.25, -0.2) is 4.79 Å². The van der Waals surface area contributed by atoms with Gasteiger partial charge in [-0.1, -0.05) is 6.92 Å². The number of hydrogen-bond donors (Lipinski definition) is 1. The number of ether oxygens (including phenoxy) is 1. The van der Waals surface area contributed by atoms with Crippen molar-refractivity contribution < 1.29 is 19.4 Å². The Kier molecular flexibility index (Phi) is 3.94. The third-order valence-corrected chi connectivity index (χ3v) is 2.67. The van der Waals surface area contributed by atoms with E-state index in [9.17, 15) is 9.59 Å². The topological polar surface area (TPSA) is 66.8 Å². The number of likely N-dealkylation sites (tertiary alicyclic amines) is 1. The number of hydrogen-bond acceptors (Lipinski definition) is 3. The Balaban J connectivity index is 2.40. The van der Waals surface area contributed by atoms with E-state index in [-0.39, 0.29) is 12.6 Å². The molecule has 5 heteroatoms. The molecule has 0 aromatic rings. The van der Waals surface area contributed by atoms with Gasteiger partial charge in [0.15, 0.2) is 0 Å². The lowest BCUT2D eigenvalue weighted by molar-refractivity contribution is -0.141. The van der Waals surface area contributed by atoms with Gasteiger partial charge in [0.2, 0.25) is 0 Å². The summed E-state index contributed by atoms with van der Waals surface area (Å²) in [5.74, 6) is -1.27. The van der Waals surface area contributed by atoms with Crippen LogP contribution in [-0.4, -0.2) is 41.3 Å². The van der Waals surface area contributed by atoms with Crippen LogP contribution in [0.4, 0.5) is 4.79 Å². The van der Waals surface area contributed by atoms with E-state index in [4.69, 9.17) is 9.84 Å². The fourth-order valence-electron chi connectivity index (χ4n) is 1.46. The van der Waals surface area contributed by atoms with Crippen LogP contribution in [0.25, 0.3) is 0 Å². The van der Waals surface area contributed by atoms with Crippen LogP contribution in [0.2, 0.25) is 0 Å². The first-order chi connectivity index (χ1) is 7.04. The Hall–Kier alpha value is -1.26. The maximum absolute atomic E-state index is 11.5.